The van der Waals surface area contributed by atoms with Gasteiger partial charge in [0.05, 0.1) is 5.69 Å². The summed E-state index contributed by atoms with van der Waals surface area (Å²) in [4.78, 5) is 28.1. The zero-order valence-electron chi connectivity index (χ0n) is 11.9. The fourth-order valence-electron chi connectivity index (χ4n) is 3.23. The van der Waals surface area contributed by atoms with Crippen LogP contribution >= 0.6 is 11.6 Å². The lowest BCUT2D eigenvalue weighted by Gasteiger charge is -2.40. The largest absolute Gasteiger partial charge is 0.331 e. The molecule has 21 heavy (non-hydrogen) atoms. The predicted molar refractivity (Wildman–Crippen MR) is 82.5 cm³/mol. The number of urea groups is 1. The van der Waals surface area contributed by atoms with Crippen LogP contribution < -0.4 is 4.90 Å². The molecule has 0 N–H and O–H groups in total. The highest BCUT2D eigenvalue weighted by molar-refractivity contribution is 6.30. The van der Waals surface area contributed by atoms with Gasteiger partial charge in [-0.15, -0.1) is 0 Å². The number of benzene rings is 1. The standard InChI is InChI=1S/C16H19ClN2O2/c17-12-6-8-14(9-7-12)19-15(20)10-11-18(16(19)21)13-4-2-1-3-5-13/h6-9,13H,1-5,10-11H2. The lowest BCUT2D eigenvalue weighted by atomic mass is 9.94. The SMILES string of the molecule is O=C1CCN(C2CCCCC2)C(=O)N1c1ccc(Cl)cc1. The van der Waals surface area contributed by atoms with Gasteiger partial charge in [0.2, 0.25) is 5.91 Å². The molecule has 1 saturated carbocycles. The van der Waals surface area contributed by atoms with Crippen molar-refractivity contribution < 1.29 is 9.59 Å². The second-order valence-electron chi connectivity index (χ2n) is 5.72. The number of carbonyl (C=O) groups excluding carboxylic acids is 2. The molecule has 2 fully saturated rings. The number of rotatable bonds is 2. The molecule has 0 unspecified atom stereocenters. The van der Waals surface area contributed by atoms with E-state index in [1.165, 1.54) is 24.2 Å². The van der Waals surface area contributed by atoms with Gasteiger partial charge in [-0.2, -0.15) is 0 Å². The van der Waals surface area contributed by atoms with Crippen molar-refractivity contribution in [3.05, 3.63) is 29.3 Å². The predicted octanol–water partition coefficient (Wildman–Crippen LogP) is 3.83. The summed E-state index contributed by atoms with van der Waals surface area (Å²) in [7, 11) is 0. The Morgan fingerprint density at radius 2 is 1.67 bits per heavy atom. The number of hydrogen-bond donors (Lipinski definition) is 0. The number of amides is 3. The monoisotopic (exact) mass is 306 g/mol. The molecule has 4 nitrogen and oxygen atoms in total. The Morgan fingerprint density at radius 3 is 2.33 bits per heavy atom. The maximum absolute atomic E-state index is 12.7. The fraction of sp³-hybridized carbons (Fsp3) is 0.500. The number of hydrogen-bond acceptors (Lipinski definition) is 2. The lowest BCUT2D eigenvalue weighted by Crippen LogP contribution is -2.56. The molecule has 1 saturated heterocycles. The van der Waals surface area contributed by atoms with Gasteiger partial charge < -0.3 is 4.90 Å². The third kappa shape index (κ3) is 2.91. The van der Waals surface area contributed by atoms with E-state index in [0.717, 1.165) is 12.8 Å². The third-order valence-corrected chi connectivity index (χ3v) is 4.61. The summed E-state index contributed by atoms with van der Waals surface area (Å²) in [6, 6.07) is 6.97. The Kier molecular flexibility index (Phi) is 4.15. The van der Waals surface area contributed by atoms with E-state index in [4.69, 9.17) is 11.6 Å². The Balaban J connectivity index is 1.83. The van der Waals surface area contributed by atoms with Crippen LogP contribution in [0.4, 0.5) is 10.5 Å². The average molecular weight is 307 g/mol. The molecule has 1 aliphatic carbocycles. The second-order valence-corrected chi connectivity index (χ2v) is 6.16. The van der Waals surface area contributed by atoms with Gasteiger partial charge >= 0.3 is 6.03 Å². The summed E-state index contributed by atoms with van der Waals surface area (Å²) in [6.45, 7) is 0.548. The van der Waals surface area contributed by atoms with Crippen molar-refractivity contribution in [1.29, 1.82) is 0 Å². The van der Waals surface area contributed by atoms with Gasteiger partial charge in [-0.1, -0.05) is 30.9 Å². The Labute approximate surface area is 129 Å². The van der Waals surface area contributed by atoms with Gasteiger partial charge in [0.15, 0.2) is 0 Å². The Hall–Kier alpha value is -1.55. The molecule has 5 heteroatoms. The fourth-order valence-corrected chi connectivity index (χ4v) is 3.36. The van der Waals surface area contributed by atoms with Crippen LogP contribution in [0.15, 0.2) is 24.3 Å². The zero-order valence-corrected chi connectivity index (χ0v) is 12.7. The molecule has 0 aromatic heterocycles. The van der Waals surface area contributed by atoms with Gasteiger partial charge in [-0.25, -0.2) is 9.69 Å². The van der Waals surface area contributed by atoms with Crippen LogP contribution in [-0.4, -0.2) is 29.4 Å². The van der Waals surface area contributed by atoms with Crippen LogP contribution in [0.5, 0.6) is 0 Å². The summed E-state index contributed by atoms with van der Waals surface area (Å²) < 4.78 is 0. The molecular formula is C16H19ClN2O2. The molecule has 3 amide bonds. The van der Waals surface area contributed by atoms with E-state index < -0.39 is 0 Å². The van der Waals surface area contributed by atoms with Gasteiger partial charge in [0, 0.05) is 24.0 Å². The third-order valence-electron chi connectivity index (χ3n) is 4.35. The van der Waals surface area contributed by atoms with E-state index >= 15 is 0 Å². The van der Waals surface area contributed by atoms with Gasteiger partial charge in [0.25, 0.3) is 0 Å². The molecule has 0 spiro atoms. The Morgan fingerprint density at radius 1 is 1.00 bits per heavy atom. The first-order valence-corrected chi connectivity index (χ1v) is 7.94. The minimum absolute atomic E-state index is 0.130. The molecule has 1 aromatic carbocycles. The molecule has 3 rings (SSSR count). The minimum Gasteiger partial charge on any atom is -0.320 e. The molecule has 2 aliphatic rings. The number of carbonyl (C=O) groups is 2. The van der Waals surface area contributed by atoms with Crippen LogP contribution in [0.25, 0.3) is 0 Å². The van der Waals surface area contributed by atoms with E-state index in [1.807, 2.05) is 4.90 Å². The van der Waals surface area contributed by atoms with Crippen LogP contribution in [0.1, 0.15) is 38.5 Å². The van der Waals surface area contributed by atoms with Crippen molar-refractivity contribution in [2.45, 2.75) is 44.6 Å². The molecule has 1 aromatic rings. The highest BCUT2D eigenvalue weighted by Gasteiger charge is 2.36. The van der Waals surface area contributed by atoms with E-state index in [9.17, 15) is 9.59 Å². The number of imide groups is 1. The van der Waals surface area contributed by atoms with Gasteiger partial charge in [-0.3, -0.25) is 4.79 Å². The van der Waals surface area contributed by atoms with Crippen molar-refractivity contribution >= 4 is 29.2 Å². The maximum atomic E-state index is 12.7. The first-order valence-electron chi connectivity index (χ1n) is 7.56. The van der Waals surface area contributed by atoms with Crippen molar-refractivity contribution in [1.82, 2.24) is 4.90 Å². The Bertz CT molecular complexity index is 538. The van der Waals surface area contributed by atoms with Crippen molar-refractivity contribution in [3.63, 3.8) is 0 Å². The number of nitrogens with zero attached hydrogens (tertiary/aromatic N) is 2. The smallest absolute Gasteiger partial charge is 0.320 e. The molecule has 112 valence electrons. The normalized spacial score (nSPS) is 21.0. The minimum atomic E-state index is -0.180. The topological polar surface area (TPSA) is 40.6 Å². The number of halogens is 1. The zero-order chi connectivity index (χ0) is 14.8. The van der Waals surface area contributed by atoms with Crippen LogP contribution in [0.2, 0.25) is 5.02 Å². The lowest BCUT2D eigenvalue weighted by molar-refractivity contribution is -0.119. The highest BCUT2D eigenvalue weighted by Crippen LogP contribution is 2.28. The first kappa shape index (κ1) is 14.4. The molecule has 0 bridgehead atoms. The summed E-state index contributed by atoms with van der Waals surface area (Å²) >= 11 is 5.87. The molecular weight excluding hydrogens is 288 g/mol. The van der Waals surface area contributed by atoms with Crippen molar-refractivity contribution in [2.24, 2.45) is 0 Å². The van der Waals surface area contributed by atoms with Crippen LogP contribution in [0, 0.1) is 0 Å². The molecule has 0 radical (unpaired) electrons. The quantitative estimate of drug-likeness (QED) is 0.833. The summed E-state index contributed by atoms with van der Waals surface area (Å²) in [5, 5.41) is 0.597. The molecule has 1 heterocycles. The van der Waals surface area contributed by atoms with Gasteiger partial charge in [-0.05, 0) is 37.1 Å². The molecule has 1 aliphatic heterocycles. The second kappa shape index (κ2) is 6.06. The van der Waals surface area contributed by atoms with E-state index in [-0.39, 0.29) is 18.0 Å². The average Bonchev–Trinajstić information content (AvgIpc) is 2.50. The molecule has 0 atom stereocenters. The summed E-state index contributed by atoms with van der Waals surface area (Å²) in [5.41, 5.74) is 0.606. The van der Waals surface area contributed by atoms with Crippen molar-refractivity contribution in [3.8, 4) is 0 Å². The number of anilines is 1. The van der Waals surface area contributed by atoms with Crippen LogP contribution in [0.3, 0.4) is 0 Å². The van der Waals surface area contributed by atoms with E-state index in [0.29, 0.717) is 23.7 Å². The first-order chi connectivity index (χ1) is 10.2. The highest BCUT2D eigenvalue weighted by atomic mass is 35.5. The summed E-state index contributed by atoms with van der Waals surface area (Å²) in [5.74, 6) is -0.130. The van der Waals surface area contributed by atoms with E-state index in [2.05, 4.69) is 0 Å². The maximum Gasteiger partial charge on any atom is 0.331 e. The van der Waals surface area contributed by atoms with E-state index in [1.54, 1.807) is 24.3 Å². The van der Waals surface area contributed by atoms with Crippen LogP contribution in [-0.2, 0) is 4.79 Å². The summed E-state index contributed by atoms with van der Waals surface area (Å²) in [6.07, 6.45) is 6.08. The van der Waals surface area contributed by atoms with Crippen molar-refractivity contribution in [2.75, 3.05) is 11.4 Å². The van der Waals surface area contributed by atoms with Gasteiger partial charge in [0.1, 0.15) is 0 Å².